The SMILES string of the molecule is O=C1OCCc2c(O)cccc21. The minimum absolute atomic E-state index is 0.184. The van der Waals surface area contributed by atoms with Crippen molar-refractivity contribution in [1.29, 1.82) is 0 Å². The summed E-state index contributed by atoms with van der Waals surface area (Å²) < 4.78 is 4.81. The van der Waals surface area contributed by atoms with Crippen molar-refractivity contribution in [2.75, 3.05) is 6.61 Å². The van der Waals surface area contributed by atoms with Gasteiger partial charge in [0.2, 0.25) is 0 Å². The van der Waals surface area contributed by atoms with E-state index in [2.05, 4.69) is 0 Å². The zero-order valence-electron chi connectivity index (χ0n) is 6.41. The third-order valence-electron chi connectivity index (χ3n) is 1.96. The standard InChI is InChI=1S/C9H8O3/c10-8-3-1-2-7-6(8)4-5-12-9(7)11/h1-3,10H,4-5H2. The lowest BCUT2D eigenvalue weighted by atomic mass is 10.0. The first-order valence-corrected chi connectivity index (χ1v) is 3.77. The number of hydrogen-bond acceptors (Lipinski definition) is 3. The normalized spacial score (nSPS) is 15.2. The number of cyclic esters (lactones) is 1. The maximum Gasteiger partial charge on any atom is 0.338 e. The maximum atomic E-state index is 11.1. The third-order valence-corrected chi connectivity index (χ3v) is 1.96. The van der Waals surface area contributed by atoms with Crippen molar-refractivity contribution in [2.24, 2.45) is 0 Å². The predicted molar refractivity (Wildman–Crippen MR) is 42.1 cm³/mol. The van der Waals surface area contributed by atoms with E-state index in [1.165, 1.54) is 0 Å². The Kier molecular flexibility index (Phi) is 1.50. The molecule has 1 aromatic carbocycles. The van der Waals surface area contributed by atoms with Gasteiger partial charge in [0.1, 0.15) is 5.75 Å². The van der Waals surface area contributed by atoms with Gasteiger partial charge in [0, 0.05) is 12.0 Å². The molecule has 0 saturated carbocycles. The van der Waals surface area contributed by atoms with Crippen LogP contribution in [-0.2, 0) is 11.2 Å². The van der Waals surface area contributed by atoms with Gasteiger partial charge in [-0.05, 0) is 12.1 Å². The molecule has 0 radical (unpaired) electrons. The number of benzene rings is 1. The lowest BCUT2D eigenvalue weighted by Gasteiger charge is -2.15. The van der Waals surface area contributed by atoms with Gasteiger partial charge in [-0.2, -0.15) is 0 Å². The van der Waals surface area contributed by atoms with Crippen LogP contribution < -0.4 is 0 Å². The molecule has 1 aliphatic rings. The Balaban J connectivity index is 2.59. The van der Waals surface area contributed by atoms with Gasteiger partial charge in [0.25, 0.3) is 0 Å². The van der Waals surface area contributed by atoms with E-state index in [0.717, 1.165) is 0 Å². The summed E-state index contributed by atoms with van der Waals surface area (Å²) >= 11 is 0. The second-order valence-corrected chi connectivity index (χ2v) is 2.69. The van der Waals surface area contributed by atoms with Crippen LogP contribution in [0.5, 0.6) is 5.75 Å². The number of esters is 1. The molecule has 0 aliphatic carbocycles. The largest absolute Gasteiger partial charge is 0.508 e. The highest BCUT2D eigenvalue weighted by Gasteiger charge is 2.20. The summed E-state index contributed by atoms with van der Waals surface area (Å²) in [7, 11) is 0. The molecular weight excluding hydrogens is 156 g/mol. The number of ether oxygens (including phenoxy) is 1. The van der Waals surface area contributed by atoms with Gasteiger partial charge < -0.3 is 9.84 Å². The third kappa shape index (κ3) is 0.942. The number of carbonyl (C=O) groups excluding carboxylic acids is 1. The predicted octanol–water partition coefficient (Wildman–Crippen LogP) is 1.11. The summed E-state index contributed by atoms with van der Waals surface area (Å²) in [5, 5.41) is 9.37. The second kappa shape index (κ2) is 2.52. The monoisotopic (exact) mass is 164 g/mol. The van der Waals surface area contributed by atoms with Gasteiger partial charge in [0.05, 0.1) is 12.2 Å². The molecule has 3 heteroatoms. The van der Waals surface area contributed by atoms with Crippen molar-refractivity contribution >= 4 is 5.97 Å². The molecule has 0 bridgehead atoms. The molecule has 0 unspecified atom stereocenters. The molecular formula is C9H8O3. The van der Waals surface area contributed by atoms with Crippen molar-refractivity contribution in [3.63, 3.8) is 0 Å². The minimum atomic E-state index is -0.341. The number of rotatable bonds is 0. The van der Waals surface area contributed by atoms with Crippen LogP contribution >= 0.6 is 0 Å². The highest BCUT2D eigenvalue weighted by atomic mass is 16.5. The number of carbonyl (C=O) groups is 1. The van der Waals surface area contributed by atoms with E-state index in [0.29, 0.717) is 24.2 Å². The van der Waals surface area contributed by atoms with E-state index in [4.69, 9.17) is 4.74 Å². The Morgan fingerprint density at radius 1 is 1.42 bits per heavy atom. The molecule has 0 fully saturated rings. The van der Waals surface area contributed by atoms with Crippen LogP contribution in [0.4, 0.5) is 0 Å². The average molecular weight is 164 g/mol. The molecule has 0 amide bonds. The van der Waals surface area contributed by atoms with Crippen LogP contribution in [0.1, 0.15) is 15.9 Å². The topological polar surface area (TPSA) is 46.5 Å². The number of fused-ring (bicyclic) bond motifs is 1. The molecule has 2 rings (SSSR count). The summed E-state index contributed by atoms with van der Waals surface area (Å²) in [6.45, 7) is 0.364. The van der Waals surface area contributed by atoms with Gasteiger partial charge in [0.15, 0.2) is 0 Å². The maximum absolute atomic E-state index is 11.1. The van der Waals surface area contributed by atoms with Crippen molar-refractivity contribution in [1.82, 2.24) is 0 Å². The first kappa shape index (κ1) is 7.16. The summed E-state index contributed by atoms with van der Waals surface area (Å²) in [6, 6.07) is 4.88. The van der Waals surface area contributed by atoms with E-state index < -0.39 is 0 Å². The molecule has 0 spiro atoms. The molecule has 1 N–H and O–H groups in total. The number of phenols is 1. The van der Waals surface area contributed by atoms with Gasteiger partial charge in [-0.1, -0.05) is 6.07 Å². The average Bonchev–Trinajstić information content (AvgIpc) is 2.07. The van der Waals surface area contributed by atoms with E-state index >= 15 is 0 Å². The Morgan fingerprint density at radius 3 is 3.00 bits per heavy atom. The fourth-order valence-electron chi connectivity index (χ4n) is 1.35. The van der Waals surface area contributed by atoms with Crippen molar-refractivity contribution < 1.29 is 14.6 Å². The van der Waals surface area contributed by atoms with E-state index in [9.17, 15) is 9.90 Å². The van der Waals surface area contributed by atoms with Crippen LogP contribution in [0, 0.1) is 0 Å². The van der Waals surface area contributed by atoms with Crippen LogP contribution in [0.3, 0.4) is 0 Å². The van der Waals surface area contributed by atoms with Crippen molar-refractivity contribution in [3.05, 3.63) is 29.3 Å². The van der Waals surface area contributed by atoms with E-state index in [1.807, 2.05) is 0 Å². The molecule has 62 valence electrons. The zero-order valence-corrected chi connectivity index (χ0v) is 6.41. The Hall–Kier alpha value is -1.51. The number of aromatic hydroxyl groups is 1. The Morgan fingerprint density at radius 2 is 2.25 bits per heavy atom. The molecule has 3 nitrogen and oxygen atoms in total. The first-order chi connectivity index (χ1) is 5.79. The van der Waals surface area contributed by atoms with Crippen molar-refractivity contribution in [2.45, 2.75) is 6.42 Å². The quantitative estimate of drug-likeness (QED) is 0.584. The van der Waals surface area contributed by atoms with E-state index in [-0.39, 0.29) is 11.7 Å². The number of phenolic OH excluding ortho intramolecular Hbond substituents is 1. The van der Waals surface area contributed by atoms with Crippen LogP contribution in [0.25, 0.3) is 0 Å². The van der Waals surface area contributed by atoms with Gasteiger partial charge in [-0.3, -0.25) is 0 Å². The summed E-state index contributed by atoms with van der Waals surface area (Å²) in [6.07, 6.45) is 0.605. The second-order valence-electron chi connectivity index (χ2n) is 2.69. The Bertz CT molecular complexity index is 331. The fourth-order valence-corrected chi connectivity index (χ4v) is 1.35. The highest BCUT2D eigenvalue weighted by molar-refractivity contribution is 5.92. The van der Waals surface area contributed by atoms with Gasteiger partial charge >= 0.3 is 5.97 Å². The van der Waals surface area contributed by atoms with Crippen molar-refractivity contribution in [3.8, 4) is 5.75 Å². The van der Waals surface area contributed by atoms with Crippen LogP contribution in [-0.4, -0.2) is 17.7 Å². The van der Waals surface area contributed by atoms with Crippen LogP contribution in [0.15, 0.2) is 18.2 Å². The molecule has 1 aromatic rings. The summed E-state index contributed by atoms with van der Waals surface area (Å²) in [5.41, 5.74) is 1.19. The van der Waals surface area contributed by atoms with Gasteiger partial charge in [-0.25, -0.2) is 4.79 Å². The zero-order chi connectivity index (χ0) is 8.55. The lowest BCUT2D eigenvalue weighted by molar-refractivity contribution is 0.0478. The first-order valence-electron chi connectivity index (χ1n) is 3.77. The highest BCUT2D eigenvalue weighted by Crippen LogP contribution is 2.25. The molecule has 0 saturated heterocycles. The minimum Gasteiger partial charge on any atom is -0.508 e. The summed E-state index contributed by atoms with van der Waals surface area (Å²) in [4.78, 5) is 11.1. The smallest absolute Gasteiger partial charge is 0.338 e. The molecule has 1 heterocycles. The molecule has 0 aromatic heterocycles. The van der Waals surface area contributed by atoms with E-state index in [1.54, 1.807) is 18.2 Å². The summed E-state index contributed by atoms with van der Waals surface area (Å²) in [5.74, 6) is -0.156. The fraction of sp³-hybridized carbons (Fsp3) is 0.222. The van der Waals surface area contributed by atoms with Gasteiger partial charge in [-0.15, -0.1) is 0 Å². The molecule has 0 atom stereocenters. The Labute approximate surface area is 69.6 Å². The number of hydrogen-bond donors (Lipinski definition) is 1. The van der Waals surface area contributed by atoms with Crippen LogP contribution in [0.2, 0.25) is 0 Å². The molecule has 12 heavy (non-hydrogen) atoms. The lowest BCUT2D eigenvalue weighted by Crippen LogP contribution is -2.17. The molecule has 1 aliphatic heterocycles.